The molecule has 1 aliphatic rings. The van der Waals surface area contributed by atoms with E-state index in [-0.39, 0.29) is 0 Å². The minimum atomic E-state index is -0.486. The van der Waals surface area contributed by atoms with E-state index in [9.17, 15) is 0 Å². The second-order valence-corrected chi connectivity index (χ2v) is 12.4. The maximum atomic E-state index is 6.36. The monoisotopic (exact) mass is 587 g/mol. The molecule has 1 aliphatic heterocycles. The Balaban J connectivity index is 1.35. The zero-order valence-corrected chi connectivity index (χ0v) is 25.9. The molecule has 0 unspecified atom stereocenters. The van der Waals surface area contributed by atoms with Gasteiger partial charge in [0.25, 0.3) is 0 Å². The Labute approximate surface area is 265 Å². The van der Waals surface area contributed by atoms with Crippen LogP contribution in [0.15, 0.2) is 133 Å². The number of aromatic nitrogens is 3. The van der Waals surface area contributed by atoms with Crippen LogP contribution in [0.25, 0.3) is 56.4 Å². The van der Waals surface area contributed by atoms with E-state index < -0.39 is 18.3 Å². The summed E-state index contributed by atoms with van der Waals surface area (Å²) in [7, 11) is -0.486. The van der Waals surface area contributed by atoms with Crippen LogP contribution < -0.4 is 5.46 Å². The molecule has 2 heterocycles. The predicted molar refractivity (Wildman–Crippen MR) is 183 cm³/mol. The van der Waals surface area contributed by atoms with Crippen LogP contribution in [-0.4, -0.2) is 33.3 Å². The van der Waals surface area contributed by atoms with Gasteiger partial charge in [0.2, 0.25) is 0 Å². The van der Waals surface area contributed by atoms with Crippen molar-refractivity contribution in [3.63, 3.8) is 0 Å². The molecule has 7 rings (SSSR count). The third kappa shape index (κ3) is 5.71. The molecule has 0 spiro atoms. The fourth-order valence-corrected chi connectivity index (χ4v) is 5.55. The molecule has 5 nitrogen and oxygen atoms in total. The molecule has 0 aliphatic carbocycles. The summed E-state index contributed by atoms with van der Waals surface area (Å²) in [6.07, 6.45) is 0. The molecule has 220 valence electrons. The van der Waals surface area contributed by atoms with Gasteiger partial charge in [-0.2, -0.15) is 0 Å². The van der Waals surface area contributed by atoms with Crippen LogP contribution in [0, 0.1) is 0 Å². The van der Waals surface area contributed by atoms with E-state index >= 15 is 0 Å². The summed E-state index contributed by atoms with van der Waals surface area (Å²) in [5.74, 6) is 1.81. The Hall–Kier alpha value is -4.91. The summed E-state index contributed by atoms with van der Waals surface area (Å²) >= 11 is 0. The van der Waals surface area contributed by atoms with E-state index in [0.717, 1.165) is 44.4 Å². The van der Waals surface area contributed by atoms with Gasteiger partial charge in [0, 0.05) is 16.7 Å². The average Bonchev–Trinajstić information content (AvgIpc) is 3.31. The molecule has 5 aromatic carbocycles. The van der Waals surface area contributed by atoms with Crippen molar-refractivity contribution in [2.45, 2.75) is 38.9 Å². The van der Waals surface area contributed by atoms with Crippen LogP contribution in [0.4, 0.5) is 0 Å². The topological polar surface area (TPSA) is 57.1 Å². The molecule has 1 fully saturated rings. The Kier molecular flexibility index (Phi) is 7.40. The van der Waals surface area contributed by atoms with Gasteiger partial charge in [-0.15, -0.1) is 0 Å². The third-order valence-electron chi connectivity index (χ3n) is 8.81. The van der Waals surface area contributed by atoms with E-state index in [0.29, 0.717) is 17.5 Å². The summed E-state index contributed by atoms with van der Waals surface area (Å²) in [6.45, 7) is 8.26. The zero-order valence-electron chi connectivity index (χ0n) is 25.9. The number of hydrogen-bond donors (Lipinski definition) is 0. The van der Waals surface area contributed by atoms with Gasteiger partial charge in [0.1, 0.15) is 0 Å². The van der Waals surface area contributed by atoms with Gasteiger partial charge in [-0.05, 0) is 55.4 Å². The number of nitrogens with zero attached hydrogens (tertiary/aromatic N) is 3. The fraction of sp³-hybridized carbons (Fsp3) is 0.154. The van der Waals surface area contributed by atoms with Crippen molar-refractivity contribution in [2.24, 2.45) is 0 Å². The highest BCUT2D eigenvalue weighted by Gasteiger charge is 2.51. The van der Waals surface area contributed by atoms with E-state index in [1.54, 1.807) is 0 Å². The molecule has 0 N–H and O–H groups in total. The summed E-state index contributed by atoms with van der Waals surface area (Å²) in [5.41, 5.74) is 7.24. The number of hydrogen-bond acceptors (Lipinski definition) is 5. The van der Waals surface area contributed by atoms with Crippen molar-refractivity contribution >= 4 is 12.6 Å². The second kappa shape index (κ2) is 11.5. The molecule has 1 saturated heterocycles. The maximum absolute atomic E-state index is 6.36. The molecule has 0 radical (unpaired) electrons. The van der Waals surface area contributed by atoms with Crippen molar-refractivity contribution in [1.29, 1.82) is 0 Å². The van der Waals surface area contributed by atoms with Gasteiger partial charge in [0.05, 0.1) is 11.2 Å². The highest BCUT2D eigenvalue weighted by molar-refractivity contribution is 6.62. The molecule has 0 atom stereocenters. The van der Waals surface area contributed by atoms with Crippen LogP contribution >= 0.6 is 0 Å². The Morgan fingerprint density at radius 3 is 1.53 bits per heavy atom. The minimum Gasteiger partial charge on any atom is -0.399 e. The normalized spacial score (nSPS) is 15.2. The first-order valence-electron chi connectivity index (χ1n) is 15.3. The standard InChI is InChI=1S/C39H34BN3O2/c1-38(2)39(3,4)45-40(44-38)32-19-13-18-31(26-32)36-41-35(30-24-22-28(23-25-30)27-14-7-5-8-15-27)42-37(43-36)34-21-12-11-20-33(34)29-16-9-6-10-17-29/h5-26H,1-4H3. The lowest BCUT2D eigenvalue weighted by Crippen LogP contribution is -2.41. The molecular weight excluding hydrogens is 553 g/mol. The van der Waals surface area contributed by atoms with Crippen LogP contribution in [0.2, 0.25) is 0 Å². The maximum Gasteiger partial charge on any atom is 0.494 e. The SMILES string of the molecule is CC1(C)OB(c2cccc(-c3nc(-c4ccc(-c5ccccc5)cc4)nc(-c4ccccc4-c4ccccc4)n3)c2)OC1(C)C. The first-order valence-corrected chi connectivity index (χ1v) is 15.3. The van der Waals surface area contributed by atoms with Gasteiger partial charge in [-0.1, -0.05) is 133 Å². The summed E-state index contributed by atoms with van der Waals surface area (Å²) < 4.78 is 12.7. The van der Waals surface area contributed by atoms with Crippen LogP contribution in [-0.2, 0) is 9.31 Å². The third-order valence-corrected chi connectivity index (χ3v) is 8.81. The van der Waals surface area contributed by atoms with Crippen molar-refractivity contribution in [2.75, 3.05) is 0 Å². The summed E-state index contributed by atoms with van der Waals surface area (Å²) in [5, 5.41) is 0. The van der Waals surface area contributed by atoms with Crippen molar-refractivity contribution in [3.05, 3.63) is 133 Å². The Morgan fingerprint density at radius 2 is 0.889 bits per heavy atom. The highest BCUT2D eigenvalue weighted by Crippen LogP contribution is 2.37. The fourth-order valence-electron chi connectivity index (χ4n) is 5.55. The second-order valence-electron chi connectivity index (χ2n) is 12.4. The van der Waals surface area contributed by atoms with E-state index in [1.807, 2.05) is 54.6 Å². The molecule has 0 saturated carbocycles. The van der Waals surface area contributed by atoms with E-state index in [2.05, 4.69) is 107 Å². The van der Waals surface area contributed by atoms with E-state index in [4.69, 9.17) is 24.3 Å². The van der Waals surface area contributed by atoms with Crippen LogP contribution in [0.5, 0.6) is 0 Å². The lowest BCUT2D eigenvalue weighted by molar-refractivity contribution is 0.00578. The van der Waals surface area contributed by atoms with Crippen molar-refractivity contribution in [3.8, 4) is 56.4 Å². The lowest BCUT2D eigenvalue weighted by Gasteiger charge is -2.32. The van der Waals surface area contributed by atoms with Crippen LogP contribution in [0.3, 0.4) is 0 Å². The zero-order chi connectivity index (χ0) is 31.0. The molecule has 6 heteroatoms. The van der Waals surface area contributed by atoms with Crippen LogP contribution in [0.1, 0.15) is 27.7 Å². The highest BCUT2D eigenvalue weighted by atomic mass is 16.7. The Bertz CT molecular complexity index is 1940. The van der Waals surface area contributed by atoms with Gasteiger partial charge in [-0.3, -0.25) is 0 Å². The first-order chi connectivity index (χ1) is 21.8. The number of benzene rings is 5. The van der Waals surface area contributed by atoms with Gasteiger partial charge < -0.3 is 9.31 Å². The predicted octanol–water partition coefficient (Wildman–Crippen LogP) is 8.51. The molecule has 0 amide bonds. The van der Waals surface area contributed by atoms with Crippen molar-refractivity contribution in [1.82, 2.24) is 15.0 Å². The summed E-state index contributed by atoms with van der Waals surface area (Å²) in [4.78, 5) is 15.2. The molecule has 6 aromatic rings. The first kappa shape index (κ1) is 28.8. The molecule has 1 aromatic heterocycles. The minimum absolute atomic E-state index is 0.436. The smallest absolute Gasteiger partial charge is 0.399 e. The number of rotatable bonds is 6. The van der Waals surface area contributed by atoms with Gasteiger partial charge in [-0.25, -0.2) is 15.0 Å². The Morgan fingerprint density at radius 1 is 0.422 bits per heavy atom. The van der Waals surface area contributed by atoms with E-state index in [1.165, 1.54) is 0 Å². The molecule has 45 heavy (non-hydrogen) atoms. The average molecular weight is 588 g/mol. The largest absolute Gasteiger partial charge is 0.494 e. The van der Waals surface area contributed by atoms with Gasteiger partial charge >= 0.3 is 7.12 Å². The van der Waals surface area contributed by atoms with Gasteiger partial charge in [0.15, 0.2) is 17.5 Å². The quantitative estimate of drug-likeness (QED) is 0.183. The summed E-state index contributed by atoms with van der Waals surface area (Å²) in [6, 6.07) is 45.5. The van der Waals surface area contributed by atoms with Crippen molar-refractivity contribution < 1.29 is 9.31 Å². The lowest BCUT2D eigenvalue weighted by atomic mass is 9.78. The molecule has 0 bridgehead atoms. The molecular formula is C39H34BN3O2.